The highest BCUT2D eigenvalue weighted by molar-refractivity contribution is 5.81. The van der Waals surface area contributed by atoms with E-state index in [4.69, 9.17) is 0 Å². The van der Waals surface area contributed by atoms with E-state index < -0.39 is 0 Å². The summed E-state index contributed by atoms with van der Waals surface area (Å²) in [4.78, 5) is 9.08. The van der Waals surface area contributed by atoms with Crippen molar-refractivity contribution in [2.24, 2.45) is 0 Å². The summed E-state index contributed by atoms with van der Waals surface area (Å²) in [6.07, 6.45) is 7.79. The average molecular weight is 310 g/mol. The first-order valence-corrected chi connectivity index (χ1v) is 7.86. The summed E-state index contributed by atoms with van der Waals surface area (Å²) in [6.45, 7) is 0. The van der Waals surface area contributed by atoms with E-state index >= 15 is 0 Å². The van der Waals surface area contributed by atoms with Gasteiger partial charge in [-0.3, -0.25) is 9.13 Å². The molecule has 24 heavy (non-hydrogen) atoms. The van der Waals surface area contributed by atoms with Crippen LogP contribution in [0.4, 0.5) is 0 Å². The minimum absolute atomic E-state index is 0.953. The van der Waals surface area contributed by atoms with Crippen LogP contribution in [0, 0.1) is 0 Å². The first-order valence-electron chi connectivity index (χ1n) is 7.86. The summed E-state index contributed by atoms with van der Waals surface area (Å²) in [5, 5.41) is 2.26. The Morgan fingerprint density at radius 3 is 1.54 bits per heavy atom. The molecule has 4 aromatic heterocycles. The van der Waals surface area contributed by atoms with Gasteiger partial charge in [0.25, 0.3) is 0 Å². The fraction of sp³-hybridized carbons (Fsp3) is 0. The SMILES string of the molecule is c1ccc(-n2ccc3cccnc32)c(-n2ccc3cccnc32)c1. The minimum atomic E-state index is 0.953. The number of aromatic nitrogens is 4. The highest BCUT2D eigenvalue weighted by Crippen LogP contribution is 2.26. The van der Waals surface area contributed by atoms with Gasteiger partial charge in [0.15, 0.2) is 0 Å². The number of hydrogen-bond donors (Lipinski definition) is 0. The molecule has 4 nitrogen and oxygen atoms in total. The molecule has 0 bridgehead atoms. The van der Waals surface area contributed by atoms with Crippen molar-refractivity contribution in [3.63, 3.8) is 0 Å². The van der Waals surface area contributed by atoms with E-state index in [0.717, 1.165) is 33.4 Å². The molecule has 0 spiro atoms. The van der Waals surface area contributed by atoms with E-state index in [-0.39, 0.29) is 0 Å². The average Bonchev–Trinajstić information content (AvgIpc) is 3.26. The Morgan fingerprint density at radius 2 is 1.04 bits per heavy atom. The highest BCUT2D eigenvalue weighted by atomic mass is 15.1. The van der Waals surface area contributed by atoms with Gasteiger partial charge in [-0.15, -0.1) is 0 Å². The quantitative estimate of drug-likeness (QED) is 0.485. The molecule has 0 N–H and O–H groups in total. The molecule has 0 aliphatic rings. The van der Waals surface area contributed by atoms with Crippen LogP contribution in [0.25, 0.3) is 33.4 Å². The predicted molar refractivity (Wildman–Crippen MR) is 95.7 cm³/mol. The normalized spacial score (nSPS) is 11.3. The fourth-order valence-corrected chi connectivity index (χ4v) is 3.19. The molecular weight excluding hydrogens is 296 g/mol. The summed E-state index contributed by atoms with van der Waals surface area (Å²) in [6, 6.07) is 20.6. The Labute approximate surface area is 138 Å². The van der Waals surface area contributed by atoms with Crippen molar-refractivity contribution < 1.29 is 0 Å². The maximum Gasteiger partial charge on any atom is 0.144 e. The van der Waals surface area contributed by atoms with Crippen molar-refractivity contribution in [2.75, 3.05) is 0 Å². The number of benzene rings is 1. The van der Waals surface area contributed by atoms with Gasteiger partial charge in [0.2, 0.25) is 0 Å². The van der Waals surface area contributed by atoms with Crippen LogP contribution in [0.15, 0.2) is 85.5 Å². The third kappa shape index (κ3) is 1.86. The van der Waals surface area contributed by atoms with Gasteiger partial charge in [-0.1, -0.05) is 12.1 Å². The van der Waals surface area contributed by atoms with Crippen LogP contribution in [0.5, 0.6) is 0 Å². The molecule has 0 saturated carbocycles. The molecular formula is C20H14N4. The zero-order valence-electron chi connectivity index (χ0n) is 12.9. The van der Waals surface area contributed by atoms with Crippen molar-refractivity contribution >= 4 is 22.1 Å². The van der Waals surface area contributed by atoms with Crippen LogP contribution in [0.1, 0.15) is 0 Å². The minimum Gasteiger partial charge on any atom is -0.299 e. The second kappa shape index (κ2) is 5.06. The third-order valence-corrected chi connectivity index (χ3v) is 4.30. The molecule has 114 valence electrons. The monoisotopic (exact) mass is 310 g/mol. The fourth-order valence-electron chi connectivity index (χ4n) is 3.19. The first-order chi connectivity index (χ1) is 11.9. The Kier molecular flexibility index (Phi) is 2.76. The van der Waals surface area contributed by atoms with E-state index in [1.54, 1.807) is 0 Å². The maximum absolute atomic E-state index is 4.54. The Bertz CT molecular complexity index is 1070. The zero-order valence-corrected chi connectivity index (χ0v) is 12.9. The molecule has 1 aromatic carbocycles. The van der Waals surface area contributed by atoms with E-state index in [9.17, 15) is 0 Å². The van der Waals surface area contributed by atoms with Crippen LogP contribution < -0.4 is 0 Å². The number of hydrogen-bond acceptors (Lipinski definition) is 2. The Morgan fingerprint density at radius 1 is 0.542 bits per heavy atom. The molecule has 4 heteroatoms. The topological polar surface area (TPSA) is 35.6 Å². The van der Waals surface area contributed by atoms with Crippen molar-refractivity contribution in [1.29, 1.82) is 0 Å². The first kappa shape index (κ1) is 13.1. The molecule has 0 saturated heterocycles. The number of para-hydroxylation sites is 2. The molecule has 0 amide bonds. The summed E-state index contributed by atoms with van der Waals surface area (Å²) in [5.74, 6) is 0. The van der Waals surface area contributed by atoms with Crippen LogP contribution >= 0.6 is 0 Å². The largest absolute Gasteiger partial charge is 0.299 e. The molecule has 0 aliphatic carbocycles. The van der Waals surface area contributed by atoms with E-state index in [1.807, 2.05) is 36.7 Å². The number of pyridine rings is 2. The lowest BCUT2D eigenvalue weighted by Gasteiger charge is -2.13. The van der Waals surface area contributed by atoms with Gasteiger partial charge < -0.3 is 0 Å². The van der Waals surface area contributed by atoms with Gasteiger partial charge in [0.1, 0.15) is 11.3 Å². The van der Waals surface area contributed by atoms with E-state index in [1.165, 1.54) is 0 Å². The van der Waals surface area contributed by atoms with Crippen molar-refractivity contribution in [3.8, 4) is 11.4 Å². The molecule has 0 fully saturated rings. The van der Waals surface area contributed by atoms with E-state index in [0.29, 0.717) is 0 Å². The molecule has 0 aliphatic heterocycles. The van der Waals surface area contributed by atoms with Gasteiger partial charge in [-0.05, 0) is 48.5 Å². The summed E-state index contributed by atoms with van der Waals surface area (Å²) < 4.78 is 4.25. The van der Waals surface area contributed by atoms with Gasteiger partial charge in [0.05, 0.1) is 11.4 Å². The molecule has 5 rings (SSSR count). The lowest BCUT2D eigenvalue weighted by atomic mass is 10.2. The second-order valence-electron chi connectivity index (χ2n) is 5.69. The second-order valence-corrected chi connectivity index (χ2v) is 5.69. The zero-order chi connectivity index (χ0) is 15.9. The Hall–Kier alpha value is -3.40. The smallest absolute Gasteiger partial charge is 0.144 e. The molecule has 5 aromatic rings. The van der Waals surface area contributed by atoms with Crippen molar-refractivity contribution in [3.05, 3.63) is 85.5 Å². The van der Waals surface area contributed by atoms with E-state index in [2.05, 4.69) is 67.9 Å². The third-order valence-electron chi connectivity index (χ3n) is 4.30. The van der Waals surface area contributed by atoms with Crippen LogP contribution in [-0.4, -0.2) is 19.1 Å². The standard InChI is InChI=1S/C20H14N4/c1-2-8-18(24-14-10-16-6-4-12-22-20(16)24)17(7-1)23-13-9-15-5-3-11-21-19(15)23/h1-14H. The molecule has 0 unspecified atom stereocenters. The highest BCUT2D eigenvalue weighted by Gasteiger charge is 2.11. The number of fused-ring (bicyclic) bond motifs is 2. The van der Waals surface area contributed by atoms with Gasteiger partial charge in [-0.2, -0.15) is 0 Å². The van der Waals surface area contributed by atoms with Crippen molar-refractivity contribution in [2.45, 2.75) is 0 Å². The summed E-state index contributed by atoms with van der Waals surface area (Å²) in [7, 11) is 0. The Balaban J connectivity index is 1.80. The van der Waals surface area contributed by atoms with Gasteiger partial charge in [0, 0.05) is 35.6 Å². The molecule has 4 heterocycles. The van der Waals surface area contributed by atoms with Crippen LogP contribution in [0.2, 0.25) is 0 Å². The van der Waals surface area contributed by atoms with Gasteiger partial charge in [-0.25, -0.2) is 9.97 Å². The molecule has 0 atom stereocenters. The van der Waals surface area contributed by atoms with Crippen molar-refractivity contribution in [1.82, 2.24) is 19.1 Å². The maximum atomic E-state index is 4.54. The van der Waals surface area contributed by atoms with Gasteiger partial charge >= 0.3 is 0 Å². The lowest BCUT2D eigenvalue weighted by molar-refractivity contribution is 1.02. The summed E-state index contributed by atoms with van der Waals surface area (Å²) in [5.41, 5.74) is 4.06. The number of rotatable bonds is 2. The van der Waals surface area contributed by atoms with Crippen LogP contribution in [-0.2, 0) is 0 Å². The molecule has 0 radical (unpaired) electrons. The number of nitrogens with zero attached hydrogens (tertiary/aromatic N) is 4. The predicted octanol–water partition coefficient (Wildman–Crippen LogP) is 4.36. The summed E-state index contributed by atoms with van der Waals surface area (Å²) >= 11 is 0. The lowest BCUT2D eigenvalue weighted by Crippen LogP contribution is -2.02. The van der Waals surface area contributed by atoms with Crippen LogP contribution in [0.3, 0.4) is 0 Å².